The Morgan fingerprint density at radius 1 is 0.919 bits per heavy atom. The summed E-state index contributed by atoms with van der Waals surface area (Å²) in [6.45, 7) is 2.36. The molecule has 0 saturated heterocycles. The molecular formula is C30H28BrClN2O3. The number of rotatable bonds is 10. The first-order chi connectivity index (χ1) is 18.0. The Kier molecular flexibility index (Phi) is 9.20. The monoisotopic (exact) mass is 578 g/mol. The van der Waals surface area contributed by atoms with Crippen LogP contribution in [0.15, 0.2) is 95.5 Å². The molecule has 1 atom stereocenters. The highest BCUT2D eigenvalue weighted by molar-refractivity contribution is 9.10. The number of ether oxygens (including phenoxy) is 1. The summed E-state index contributed by atoms with van der Waals surface area (Å²) >= 11 is 9.70. The van der Waals surface area contributed by atoms with E-state index in [-0.39, 0.29) is 25.0 Å². The van der Waals surface area contributed by atoms with Crippen molar-refractivity contribution in [2.75, 3.05) is 13.2 Å². The summed E-state index contributed by atoms with van der Waals surface area (Å²) in [4.78, 5) is 28.5. The number of hydrogen-bond donors (Lipinski definition) is 1. The van der Waals surface area contributed by atoms with Crippen LogP contribution < -0.4 is 10.1 Å². The molecule has 0 aliphatic carbocycles. The number of carbonyl (C=O) groups excluding carboxylic acids is 2. The quantitative estimate of drug-likeness (QED) is 0.236. The summed E-state index contributed by atoms with van der Waals surface area (Å²) in [5.41, 5.74) is 1.83. The highest BCUT2D eigenvalue weighted by Gasteiger charge is 2.30. The number of nitrogens with zero attached hydrogens (tertiary/aromatic N) is 1. The van der Waals surface area contributed by atoms with Gasteiger partial charge in [-0.3, -0.25) is 9.59 Å². The first kappa shape index (κ1) is 26.7. The van der Waals surface area contributed by atoms with E-state index in [2.05, 4.69) is 21.2 Å². The van der Waals surface area contributed by atoms with Gasteiger partial charge in [0.1, 0.15) is 11.8 Å². The maximum absolute atomic E-state index is 13.7. The molecule has 0 aliphatic heterocycles. The summed E-state index contributed by atoms with van der Waals surface area (Å²) in [6, 6.07) is 28.0. The minimum atomic E-state index is -0.714. The summed E-state index contributed by atoms with van der Waals surface area (Å²) < 4.78 is 6.78. The van der Waals surface area contributed by atoms with Crippen LogP contribution in [0.3, 0.4) is 0 Å². The molecule has 1 N–H and O–H groups in total. The van der Waals surface area contributed by atoms with Crippen molar-refractivity contribution in [3.63, 3.8) is 0 Å². The van der Waals surface area contributed by atoms with Gasteiger partial charge in [-0.1, -0.05) is 84.4 Å². The fourth-order valence-corrected chi connectivity index (χ4v) is 4.91. The van der Waals surface area contributed by atoms with E-state index in [1.54, 1.807) is 17.0 Å². The van der Waals surface area contributed by atoms with Crippen LogP contribution in [0, 0.1) is 0 Å². The predicted molar refractivity (Wildman–Crippen MR) is 152 cm³/mol. The number of halogens is 2. The number of benzene rings is 4. The number of likely N-dealkylation sites (N-methyl/N-ethyl adjacent to an activating group) is 1. The van der Waals surface area contributed by atoms with E-state index >= 15 is 0 Å². The van der Waals surface area contributed by atoms with E-state index in [0.717, 1.165) is 26.4 Å². The number of carbonyl (C=O) groups is 2. The van der Waals surface area contributed by atoms with Crippen molar-refractivity contribution in [1.29, 1.82) is 0 Å². The second-order valence-corrected chi connectivity index (χ2v) is 9.87. The molecule has 5 nitrogen and oxygen atoms in total. The van der Waals surface area contributed by atoms with Crippen LogP contribution in [0.25, 0.3) is 10.8 Å². The zero-order valence-electron chi connectivity index (χ0n) is 20.5. The van der Waals surface area contributed by atoms with Crippen LogP contribution in [-0.4, -0.2) is 35.9 Å². The molecule has 4 rings (SSSR count). The van der Waals surface area contributed by atoms with Gasteiger partial charge in [-0.05, 0) is 63.0 Å². The van der Waals surface area contributed by atoms with Gasteiger partial charge in [0.05, 0.1) is 4.47 Å². The maximum atomic E-state index is 13.7. The molecule has 2 amide bonds. The molecular weight excluding hydrogens is 552 g/mol. The van der Waals surface area contributed by atoms with Gasteiger partial charge in [-0.15, -0.1) is 0 Å². The zero-order chi connectivity index (χ0) is 26.2. The molecule has 0 fully saturated rings. The van der Waals surface area contributed by atoms with Gasteiger partial charge in [0, 0.05) is 24.5 Å². The molecule has 0 radical (unpaired) electrons. The van der Waals surface area contributed by atoms with E-state index in [4.69, 9.17) is 16.3 Å². The van der Waals surface area contributed by atoms with E-state index in [9.17, 15) is 9.59 Å². The van der Waals surface area contributed by atoms with Crippen molar-refractivity contribution in [3.8, 4) is 5.75 Å². The lowest BCUT2D eigenvalue weighted by Crippen LogP contribution is -2.51. The molecule has 0 saturated carbocycles. The normalized spacial score (nSPS) is 11.6. The van der Waals surface area contributed by atoms with Crippen molar-refractivity contribution in [2.24, 2.45) is 0 Å². The smallest absolute Gasteiger partial charge is 0.261 e. The maximum Gasteiger partial charge on any atom is 0.261 e. The topological polar surface area (TPSA) is 58.6 Å². The van der Waals surface area contributed by atoms with Gasteiger partial charge in [0.15, 0.2) is 6.61 Å². The van der Waals surface area contributed by atoms with Crippen LogP contribution in [0.1, 0.15) is 18.1 Å². The van der Waals surface area contributed by atoms with Crippen molar-refractivity contribution < 1.29 is 14.3 Å². The van der Waals surface area contributed by atoms with Gasteiger partial charge >= 0.3 is 0 Å². The lowest BCUT2D eigenvalue weighted by molar-refractivity contribution is -0.142. The third kappa shape index (κ3) is 6.90. The number of amides is 2. The summed E-state index contributed by atoms with van der Waals surface area (Å²) in [5.74, 6) is 0.0684. The van der Waals surface area contributed by atoms with Crippen LogP contribution in [0.2, 0.25) is 5.02 Å². The molecule has 4 aromatic carbocycles. The lowest BCUT2D eigenvalue weighted by Gasteiger charge is -2.31. The van der Waals surface area contributed by atoms with Gasteiger partial charge in [0.2, 0.25) is 5.91 Å². The first-order valence-electron chi connectivity index (χ1n) is 12.1. The Morgan fingerprint density at radius 2 is 1.62 bits per heavy atom. The van der Waals surface area contributed by atoms with Crippen molar-refractivity contribution in [3.05, 3.63) is 112 Å². The van der Waals surface area contributed by atoms with Crippen molar-refractivity contribution in [1.82, 2.24) is 10.2 Å². The molecule has 0 spiro atoms. The van der Waals surface area contributed by atoms with E-state index in [1.165, 1.54) is 0 Å². The fourth-order valence-electron chi connectivity index (χ4n) is 4.18. The Bertz CT molecular complexity index is 1360. The Hall–Kier alpha value is -3.35. The third-order valence-corrected chi connectivity index (χ3v) is 7.14. The SMILES string of the molecule is CCNC(=O)[C@H](Cc1ccccc1)N(Cc1ccc(Cl)cc1)C(=O)COc1ccc2ccccc2c1Br. The first-order valence-corrected chi connectivity index (χ1v) is 13.3. The summed E-state index contributed by atoms with van der Waals surface area (Å²) in [6.07, 6.45) is 0.381. The summed E-state index contributed by atoms with van der Waals surface area (Å²) in [7, 11) is 0. The average molecular weight is 580 g/mol. The molecule has 190 valence electrons. The van der Waals surface area contributed by atoms with E-state index < -0.39 is 6.04 Å². The number of fused-ring (bicyclic) bond motifs is 1. The van der Waals surface area contributed by atoms with Gasteiger partial charge < -0.3 is 15.0 Å². The second kappa shape index (κ2) is 12.7. The van der Waals surface area contributed by atoms with Crippen LogP contribution in [0.5, 0.6) is 5.75 Å². The van der Waals surface area contributed by atoms with Crippen LogP contribution in [-0.2, 0) is 22.6 Å². The lowest BCUT2D eigenvalue weighted by atomic mass is 10.0. The van der Waals surface area contributed by atoms with Gasteiger partial charge in [0.25, 0.3) is 5.91 Å². The summed E-state index contributed by atoms with van der Waals surface area (Å²) in [5, 5.41) is 5.57. The molecule has 0 aliphatic rings. The predicted octanol–water partition coefficient (Wildman–Crippen LogP) is 6.41. The highest BCUT2D eigenvalue weighted by atomic mass is 79.9. The fraction of sp³-hybridized carbons (Fsp3) is 0.200. The minimum Gasteiger partial charge on any atom is -0.483 e. The Morgan fingerprint density at radius 3 is 2.35 bits per heavy atom. The van der Waals surface area contributed by atoms with E-state index in [1.807, 2.05) is 85.8 Å². The average Bonchev–Trinajstić information content (AvgIpc) is 2.92. The number of nitrogens with one attached hydrogen (secondary N) is 1. The molecule has 0 unspecified atom stereocenters. The van der Waals surface area contributed by atoms with Gasteiger partial charge in [-0.2, -0.15) is 0 Å². The molecule has 4 aromatic rings. The Balaban J connectivity index is 1.62. The molecule has 0 bridgehead atoms. The molecule has 37 heavy (non-hydrogen) atoms. The van der Waals surface area contributed by atoms with Crippen molar-refractivity contribution >= 4 is 50.1 Å². The standard InChI is InChI=1S/C30H28BrClN2O3/c1-2-33-30(36)26(18-21-8-4-3-5-9-21)34(19-22-12-15-24(32)16-13-22)28(35)20-37-27-17-14-23-10-6-7-11-25(23)29(27)31/h3-17,26H,2,18-20H2,1H3,(H,33,36)/t26-/m0/s1. The molecule has 7 heteroatoms. The van der Waals surface area contributed by atoms with Gasteiger partial charge in [-0.25, -0.2) is 0 Å². The zero-order valence-corrected chi connectivity index (χ0v) is 22.8. The van der Waals surface area contributed by atoms with E-state index in [0.29, 0.717) is 23.7 Å². The van der Waals surface area contributed by atoms with Crippen LogP contribution in [0.4, 0.5) is 0 Å². The Labute approximate surface area is 230 Å². The molecule has 0 heterocycles. The number of hydrogen-bond acceptors (Lipinski definition) is 3. The van der Waals surface area contributed by atoms with Crippen molar-refractivity contribution in [2.45, 2.75) is 25.9 Å². The third-order valence-electron chi connectivity index (χ3n) is 6.07. The largest absolute Gasteiger partial charge is 0.483 e. The van der Waals surface area contributed by atoms with Crippen LogP contribution >= 0.6 is 27.5 Å². The highest BCUT2D eigenvalue weighted by Crippen LogP contribution is 2.33. The second-order valence-electron chi connectivity index (χ2n) is 8.64. The molecule has 0 aromatic heterocycles. The minimum absolute atomic E-state index is 0.208.